The van der Waals surface area contributed by atoms with Crippen LogP contribution >= 0.6 is 0 Å². The normalized spacial score (nSPS) is 56.3. The van der Waals surface area contributed by atoms with Crippen molar-refractivity contribution in [3.8, 4) is 0 Å². The average molecular weight is 636 g/mol. The van der Waals surface area contributed by atoms with E-state index in [9.17, 15) is 34.8 Å². The molecule has 4 N–H and O–H groups in total. The molecule has 0 aromatic rings. The quantitative estimate of drug-likeness (QED) is 0.258. The lowest BCUT2D eigenvalue weighted by atomic mass is 9.48. The number of fused-ring (bicyclic) bond motifs is 5. The van der Waals surface area contributed by atoms with Crippen LogP contribution in [-0.2, 0) is 33.3 Å². The molecule has 14 atom stereocenters. The van der Waals surface area contributed by atoms with Gasteiger partial charge in [-0.3, -0.25) is 19.3 Å². The molecule has 12 heteroatoms. The van der Waals surface area contributed by atoms with Crippen molar-refractivity contribution < 1.29 is 53.8 Å². The van der Waals surface area contributed by atoms with E-state index < -0.39 is 87.2 Å². The molecule has 252 valence electrons. The number of carbonyl (C=O) groups excluding carboxylic acids is 3. The summed E-state index contributed by atoms with van der Waals surface area (Å²) in [6, 6.07) is -0.440. The molecule has 0 amide bonds. The molecule has 14 unspecified atom stereocenters. The third-order valence-electron chi connectivity index (χ3n) is 13.9. The Hall–Kier alpha value is -1.83. The van der Waals surface area contributed by atoms with Gasteiger partial charge in [-0.25, -0.2) is 0 Å². The lowest BCUT2D eigenvalue weighted by Gasteiger charge is -2.68. The summed E-state index contributed by atoms with van der Waals surface area (Å²) in [5.41, 5.74) is -9.71. The predicted molar refractivity (Wildman–Crippen MR) is 155 cm³/mol. The molecule has 7 rings (SSSR count). The number of hydrogen-bond acceptors (Lipinski definition) is 12. The van der Waals surface area contributed by atoms with Crippen LogP contribution in [-0.4, -0.2) is 108 Å². The van der Waals surface area contributed by atoms with Crippen molar-refractivity contribution in [1.29, 1.82) is 0 Å². The fraction of sp³-hybridized carbons (Fsp3) is 0.909. The zero-order valence-corrected chi connectivity index (χ0v) is 27.2. The highest BCUT2D eigenvalue weighted by Gasteiger charge is 2.90. The predicted octanol–water partition coefficient (Wildman–Crippen LogP) is 1.19. The van der Waals surface area contributed by atoms with Crippen molar-refractivity contribution in [3.05, 3.63) is 0 Å². The maximum absolute atomic E-state index is 13.2. The van der Waals surface area contributed by atoms with Crippen molar-refractivity contribution in [2.75, 3.05) is 13.1 Å². The average Bonchev–Trinajstić information content (AvgIpc) is 3.09. The number of piperidine rings is 2. The zero-order valence-electron chi connectivity index (χ0n) is 27.2. The summed E-state index contributed by atoms with van der Waals surface area (Å²) in [6.45, 7) is 10.4. The molecule has 4 aliphatic carbocycles. The zero-order chi connectivity index (χ0) is 32.8. The van der Waals surface area contributed by atoms with Gasteiger partial charge in [-0.05, 0) is 51.4 Å². The van der Waals surface area contributed by atoms with Crippen molar-refractivity contribution in [3.63, 3.8) is 0 Å². The highest BCUT2D eigenvalue weighted by Crippen LogP contribution is 2.79. The minimum Gasteiger partial charge on any atom is -0.459 e. The Labute approximate surface area is 263 Å². The summed E-state index contributed by atoms with van der Waals surface area (Å²) in [4.78, 5) is 39.5. The molecule has 0 aromatic heterocycles. The van der Waals surface area contributed by atoms with Crippen LogP contribution in [0.4, 0.5) is 0 Å². The van der Waals surface area contributed by atoms with E-state index in [0.717, 1.165) is 6.42 Å². The molecule has 4 bridgehead atoms. The van der Waals surface area contributed by atoms with Crippen molar-refractivity contribution in [1.82, 2.24) is 4.90 Å². The number of aliphatic hydroxyl groups is 4. The van der Waals surface area contributed by atoms with Crippen LogP contribution in [0.2, 0.25) is 0 Å². The van der Waals surface area contributed by atoms with Gasteiger partial charge in [-0.1, -0.05) is 13.8 Å². The second-order valence-corrected chi connectivity index (χ2v) is 16.0. The smallest absolute Gasteiger partial charge is 0.305 e. The highest BCUT2D eigenvalue weighted by atomic mass is 16.8. The molecule has 4 saturated carbocycles. The van der Waals surface area contributed by atoms with Crippen LogP contribution in [0.1, 0.15) is 92.9 Å². The Kier molecular flexibility index (Phi) is 6.64. The second kappa shape index (κ2) is 9.41. The Balaban J connectivity index is 1.40. The van der Waals surface area contributed by atoms with E-state index in [1.165, 1.54) is 20.8 Å². The van der Waals surface area contributed by atoms with E-state index in [2.05, 4.69) is 11.8 Å². The van der Waals surface area contributed by atoms with Crippen LogP contribution in [0.5, 0.6) is 0 Å². The summed E-state index contributed by atoms with van der Waals surface area (Å²) in [5.74, 6) is -5.28. The Morgan fingerprint density at radius 2 is 1.42 bits per heavy atom. The molecule has 45 heavy (non-hydrogen) atoms. The highest BCUT2D eigenvalue weighted by molar-refractivity contribution is 5.68. The van der Waals surface area contributed by atoms with Gasteiger partial charge in [-0.2, -0.15) is 0 Å². The molecule has 0 radical (unpaired) electrons. The van der Waals surface area contributed by atoms with Gasteiger partial charge < -0.3 is 39.4 Å². The molecule has 12 nitrogen and oxygen atoms in total. The van der Waals surface area contributed by atoms with E-state index in [4.69, 9.17) is 18.9 Å². The SMILES string of the molecule is CC(=O)OC1CCC2(C)C3CCC4C5(O)CC(OC(C)=O)C6(O)C(CN7CC(C)CCC7C6(C)O)C5(O)CC42OC13OC(C)=O. The maximum Gasteiger partial charge on any atom is 0.305 e. The molecule has 3 aliphatic heterocycles. The Morgan fingerprint density at radius 1 is 0.778 bits per heavy atom. The summed E-state index contributed by atoms with van der Waals surface area (Å²) in [5, 5.41) is 51.4. The number of ether oxygens (including phenoxy) is 4. The van der Waals surface area contributed by atoms with Gasteiger partial charge in [0.1, 0.15) is 28.5 Å². The van der Waals surface area contributed by atoms with Crippen LogP contribution in [0.25, 0.3) is 0 Å². The Bertz CT molecular complexity index is 1320. The summed E-state index contributed by atoms with van der Waals surface area (Å²) >= 11 is 0. The molecule has 7 aliphatic rings. The lowest BCUT2D eigenvalue weighted by Crippen LogP contribution is -2.85. The molecule has 3 saturated heterocycles. The first-order valence-electron chi connectivity index (χ1n) is 16.7. The number of hydrogen-bond donors (Lipinski definition) is 4. The second-order valence-electron chi connectivity index (χ2n) is 16.0. The van der Waals surface area contributed by atoms with Crippen molar-refractivity contribution in [2.45, 2.75) is 145 Å². The monoisotopic (exact) mass is 635 g/mol. The van der Waals surface area contributed by atoms with Crippen LogP contribution in [0.3, 0.4) is 0 Å². The van der Waals surface area contributed by atoms with Gasteiger partial charge in [0.2, 0.25) is 0 Å². The third-order valence-corrected chi connectivity index (χ3v) is 13.9. The van der Waals surface area contributed by atoms with E-state index in [1.807, 2.05) is 6.92 Å². The summed E-state index contributed by atoms with van der Waals surface area (Å²) in [7, 11) is 0. The number of nitrogens with zero attached hydrogens (tertiary/aromatic N) is 1. The largest absolute Gasteiger partial charge is 0.459 e. The van der Waals surface area contributed by atoms with Gasteiger partial charge in [0.05, 0.1) is 5.60 Å². The summed E-state index contributed by atoms with van der Waals surface area (Å²) in [6.07, 6.45) is 0.618. The van der Waals surface area contributed by atoms with Crippen LogP contribution in [0, 0.1) is 29.1 Å². The fourth-order valence-corrected chi connectivity index (χ4v) is 12.3. The van der Waals surface area contributed by atoms with Crippen LogP contribution in [0.15, 0.2) is 0 Å². The maximum atomic E-state index is 13.2. The molecule has 1 spiro atoms. The van der Waals surface area contributed by atoms with E-state index >= 15 is 0 Å². The first kappa shape index (κ1) is 31.8. The van der Waals surface area contributed by atoms with Gasteiger partial charge in [0.15, 0.2) is 6.10 Å². The van der Waals surface area contributed by atoms with Gasteiger partial charge in [0.25, 0.3) is 5.79 Å². The first-order chi connectivity index (χ1) is 20.8. The molecular weight excluding hydrogens is 586 g/mol. The summed E-state index contributed by atoms with van der Waals surface area (Å²) < 4.78 is 24.7. The molecule has 3 heterocycles. The van der Waals surface area contributed by atoms with Gasteiger partial charge in [0, 0.05) is 75.9 Å². The van der Waals surface area contributed by atoms with E-state index in [0.29, 0.717) is 44.6 Å². The standard InChI is InChI=1S/C33H49NO11/c1-17-7-10-24-28(6,38)32(41)23(15-34(24)14-17)30(40)16-31-22(29(30,39)13-26(32)43-19(3)36)9-8-21-27(31,5)12-11-25(42-18(2)35)33(21,45-31)44-20(4)37/h17,21-26,38-41H,7-16H2,1-6H3. The van der Waals surface area contributed by atoms with Gasteiger partial charge in [-0.15, -0.1) is 0 Å². The third kappa shape index (κ3) is 3.62. The van der Waals surface area contributed by atoms with Gasteiger partial charge >= 0.3 is 17.9 Å². The number of carbonyl (C=O) groups is 3. The molecular formula is C33H49NO11. The molecule has 7 fully saturated rings. The van der Waals surface area contributed by atoms with Crippen LogP contribution < -0.4 is 0 Å². The topological polar surface area (TPSA) is 172 Å². The van der Waals surface area contributed by atoms with E-state index in [-0.39, 0.29) is 25.3 Å². The minimum atomic E-state index is -2.09. The first-order valence-corrected chi connectivity index (χ1v) is 16.7. The minimum absolute atomic E-state index is 0.103. The number of esters is 3. The van der Waals surface area contributed by atoms with Crippen molar-refractivity contribution >= 4 is 17.9 Å². The molecule has 0 aromatic carbocycles. The van der Waals surface area contributed by atoms with E-state index in [1.54, 1.807) is 6.92 Å². The van der Waals surface area contributed by atoms with Crippen molar-refractivity contribution in [2.24, 2.45) is 29.1 Å². The Morgan fingerprint density at radius 3 is 2.07 bits per heavy atom. The lowest BCUT2D eigenvalue weighted by molar-refractivity contribution is -0.354. The fourth-order valence-electron chi connectivity index (χ4n) is 12.3. The number of rotatable bonds is 3.